The number of carbonyl (C=O) groups excluding carboxylic acids is 1. The number of aromatic nitrogens is 4. The van der Waals surface area contributed by atoms with Crippen molar-refractivity contribution in [2.75, 3.05) is 32.9 Å². The predicted molar refractivity (Wildman–Crippen MR) is 171 cm³/mol. The molecule has 1 amide bonds. The van der Waals surface area contributed by atoms with Gasteiger partial charge in [-0.05, 0) is 26.7 Å². The Kier molecular flexibility index (Phi) is 14.9. The third kappa shape index (κ3) is 9.95. The van der Waals surface area contributed by atoms with Crippen LogP contribution in [-0.4, -0.2) is 105 Å². The van der Waals surface area contributed by atoms with Crippen LogP contribution in [0, 0.1) is 25.2 Å². The van der Waals surface area contributed by atoms with Crippen molar-refractivity contribution >= 4 is 6.09 Å². The molecular weight excluding hydrogens is 650 g/mol. The quantitative estimate of drug-likeness (QED) is 0.129. The van der Waals surface area contributed by atoms with Crippen LogP contribution in [0.4, 0.5) is 4.79 Å². The number of aliphatic hydroxyl groups is 2. The first kappa shape index (κ1) is 39.3. The molecule has 2 aromatic rings. The average molecular weight is 696 g/mol. The molecule has 0 spiro atoms. The first-order valence-corrected chi connectivity index (χ1v) is 15.9. The molecule has 2 aliphatic rings. The van der Waals surface area contributed by atoms with Crippen molar-refractivity contribution in [3.05, 3.63) is 65.2 Å². The van der Waals surface area contributed by atoms with E-state index >= 15 is 0 Å². The molecule has 4 unspecified atom stereocenters. The Bertz CT molecular complexity index is 1660. The molecule has 0 aliphatic carbocycles. The predicted octanol–water partition coefficient (Wildman–Crippen LogP) is -1.60. The van der Waals surface area contributed by atoms with Gasteiger partial charge >= 0.3 is 17.5 Å². The summed E-state index contributed by atoms with van der Waals surface area (Å²) < 4.78 is 29.9. The van der Waals surface area contributed by atoms with E-state index in [1.54, 1.807) is 13.8 Å². The number of amides is 1. The molecule has 0 bridgehead atoms. The number of hydrogen-bond acceptors (Lipinski definition) is 14. The summed E-state index contributed by atoms with van der Waals surface area (Å²) in [5.41, 5.74) is 3.91. The number of nitrogens with zero attached hydrogens (tertiary/aromatic N) is 3. The number of aliphatic hydroxyl groups excluding tert-OH is 2. The third-order valence-electron chi connectivity index (χ3n) is 7.83. The summed E-state index contributed by atoms with van der Waals surface area (Å²) in [6.07, 6.45) is -2.85. The van der Waals surface area contributed by atoms with E-state index in [1.807, 2.05) is 19.9 Å². The van der Waals surface area contributed by atoms with Gasteiger partial charge in [0, 0.05) is 36.6 Å². The van der Waals surface area contributed by atoms with Crippen LogP contribution in [0.25, 0.3) is 0 Å². The van der Waals surface area contributed by atoms with E-state index < -0.39 is 77.7 Å². The highest BCUT2D eigenvalue weighted by Crippen LogP contribution is 2.33. The number of ether oxygens (including phenoxy) is 5. The molecular formula is C30H45N7O12. The maximum atomic E-state index is 12.2. The molecule has 19 heteroatoms. The number of nitrogens with one attached hydrogen (secondary N) is 3. The van der Waals surface area contributed by atoms with Gasteiger partial charge in [0.05, 0.1) is 37.9 Å². The molecule has 0 saturated carbocycles. The lowest BCUT2D eigenvalue weighted by Gasteiger charge is -2.22. The second-order valence-corrected chi connectivity index (χ2v) is 11.3. The average Bonchev–Trinajstić information content (AvgIpc) is 3.56. The highest BCUT2D eigenvalue weighted by molar-refractivity contribution is 5.67. The lowest BCUT2D eigenvalue weighted by atomic mass is 10.1. The van der Waals surface area contributed by atoms with Crippen molar-refractivity contribution in [1.82, 2.24) is 24.4 Å². The molecule has 2 fully saturated rings. The zero-order valence-electron chi connectivity index (χ0n) is 27.8. The molecule has 4 rings (SSSR count). The Morgan fingerprint density at radius 2 is 1.37 bits per heavy atom. The number of aromatic amines is 2. The van der Waals surface area contributed by atoms with Gasteiger partial charge in [0.15, 0.2) is 12.5 Å². The van der Waals surface area contributed by atoms with Gasteiger partial charge in [-0.3, -0.25) is 28.7 Å². The van der Waals surface area contributed by atoms with E-state index in [2.05, 4.69) is 15.3 Å². The Morgan fingerprint density at radius 3 is 1.80 bits per heavy atom. The fourth-order valence-electron chi connectivity index (χ4n) is 5.26. The van der Waals surface area contributed by atoms with Crippen LogP contribution in [0.3, 0.4) is 0 Å². The van der Waals surface area contributed by atoms with Crippen LogP contribution < -0.4 is 33.5 Å². The van der Waals surface area contributed by atoms with Crippen molar-refractivity contribution in [2.45, 2.75) is 96.0 Å². The number of rotatable bonds is 13. The van der Waals surface area contributed by atoms with E-state index in [1.165, 1.54) is 21.5 Å². The van der Waals surface area contributed by atoms with Crippen LogP contribution in [0.2, 0.25) is 0 Å². The van der Waals surface area contributed by atoms with Crippen LogP contribution in [0.1, 0.15) is 56.7 Å². The highest BCUT2D eigenvalue weighted by atomic mass is 16.6. The standard InChI is InChI=1S/C17H24N4O7.C13H21N3O5/c1-3-11-12(22)13(26-8-6-19-17(25)27-7-4-5-18)15(28-11)21-9-10(2)14(23)20-16(21)24;1-3-8-9(17)10(20-5-4-14)12(21-8)16-6-7(2)11(18)15-13(16)19/h9,11-13,15,22H,3-4,6-8H2,1-2H3,(H,19,25)(H,20,23,24);6,8-10,12,17H,3-5,14H2,1-2H3,(H,15,18,19)/t11-,12?,13?,15-;8-,9?,10?,12-/m11/s1. The van der Waals surface area contributed by atoms with Crippen molar-refractivity contribution < 1.29 is 38.7 Å². The lowest BCUT2D eigenvalue weighted by Crippen LogP contribution is -2.41. The summed E-state index contributed by atoms with van der Waals surface area (Å²) >= 11 is 0. The summed E-state index contributed by atoms with van der Waals surface area (Å²) in [5, 5.41) is 31.6. The Balaban J connectivity index is 0.000000276. The second kappa shape index (κ2) is 18.6. The lowest BCUT2D eigenvalue weighted by molar-refractivity contribution is -0.0695. The minimum absolute atomic E-state index is 0.00684. The maximum Gasteiger partial charge on any atom is 0.407 e. The number of aryl methyl sites for hydroxylation is 2. The number of hydrogen-bond donors (Lipinski definition) is 6. The number of nitrogens with two attached hydrogens (primary N) is 1. The minimum atomic E-state index is -0.989. The fourth-order valence-corrected chi connectivity index (χ4v) is 5.26. The van der Waals surface area contributed by atoms with Crippen molar-refractivity contribution in [3.63, 3.8) is 0 Å². The summed E-state index contributed by atoms with van der Waals surface area (Å²) in [5.74, 6) is 0. The molecule has 49 heavy (non-hydrogen) atoms. The molecule has 19 nitrogen and oxygen atoms in total. The smallest absolute Gasteiger partial charge is 0.407 e. The third-order valence-corrected chi connectivity index (χ3v) is 7.83. The van der Waals surface area contributed by atoms with E-state index in [-0.39, 0.29) is 32.8 Å². The van der Waals surface area contributed by atoms with Crippen LogP contribution in [0.15, 0.2) is 31.6 Å². The van der Waals surface area contributed by atoms with E-state index in [0.29, 0.717) is 30.5 Å². The molecule has 4 heterocycles. The summed E-state index contributed by atoms with van der Waals surface area (Å²) in [6.45, 7) is 7.50. The molecule has 2 aromatic heterocycles. The van der Waals surface area contributed by atoms with E-state index in [0.717, 1.165) is 0 Å². The van der Waals surface area contributed by atoms with Gasteiger partial charge in [0.2, 0.25) is 0 Å². The number of nitriles is 1. The van der Waals surface area contributed by atoms with E-state index in [4.69, 9.17) is 34.7 Å². The Morgan fingerprint density at radius 1 is 0.898 bits per heavy atom. The van der Waals surface area contributed by atoms with Gasteiger partial charge in [-0.25, -0.2) is 14.4 Å². The Hall–Kier alpha value is -4.16. The van der Waals surface area contributed by atoms with Gasteiger partial charge in [-0.15, -0.1) is 0 Å². The number of alkyl carbamates (subject to hydrolysis) is 1. The molecule has 272 valence electrons. The minimum Gasteiger partial charge on any atom is -0.448 e. The van der Waals surface area contributed by atoms with Crippen LogP contribution >= 0.6 is 0 Å². The van der Waals surface area contributed by atoms with Crippen LogP contribution in [-0.2, 0) is 23.7 Å². The molecule has 0 radical (unpaired) electrons. The molecule has 2 aliphatic heterocycles. The monoisotopic (exact) mass is 695 g/mol. The first-order chi connectivity index (χ1) is 23.4. The van der Waals surface area contributed by atoms with Gasteiger partial charge in [-0.2, -0.15) is 5.26 Å². The normalized spacial score (nSPS) is 26.1. The molecule has 8 atom stereocenters. The summed E-state index contributed by atoms with van der Waals surface area (Å²) in [7, 11) is 0. The topological polar surface area (TPSA) is 275 Å². The SMILES string of the molecule is CC[C@H]1O[C@@H](n2cc(C)c(=O)[nH]c2=O)C(OCCN)C1O.CC[C@H]1O[C@@H](n2cc(C)c(=O)[nH]c2=O)C(OCCNC(=O)OCCC#N)C1O. The van der Waals surface area contributed by atoms with E-state index in [9.17, 15) is 34.2 Å². The largest absolute Gasteiger partial charge is 0.448 e. The summed E-state index contributed by atoms with van der Waals surface area (Å²) in [4.78, 5) is 63.0. The molecule has 0 aromatic carbocycles. The van der Waals surface area contributed by atoms with Crippen molar-refractivity contribution in [1.29, 1.82) is 5.26 Å². The van der Waals surface area contributed by atoms with Crippen LogP contribution in [0.5, 0.6) is 0 Å². The zero-order chi connectivity index (χ0) is 36.2. The zero-order valence-corrected chi connectivity index (χ0v) is 27.8. The van der Waals surface area contributed by atoms with Gasteiger partial charge < -0.3 is 44.9 Å². The number of H-pyrrole nitrogens is 2. The fraction of sp³-hybridized carbons (Fsp3) is 0.667. The van der Waals surface area contributed by atoms with Gasteiger partial charge in [0.25, 0.3) is 11.1 Å². The van der Waals surface area contributed by atoms with Crippen molar-refractivity contribution in [2.24, 2.45) is 5.73 Å². The Labute approximate surface area is 280 Å². The highest BCUT2D eigenvalue weighted by Gasteiger charge is 2.46. The maximum absolute atomic E-state index is 12.2. The summed E-state index contributed by atoms with van der Waals surface area (Å²) in [6, 6.07) is 1.85. The molecule has 7 N–H and O–H groups in total. The number of carbonyl (C=O) groups is 1. The molecule has 2 saturated heterocycles. The van der Waals surface area contributed by atoms with Gasteiger partial charge in [0.1, 0.15) is 31.0 Å². The first-order valence-electron chi connectivity index (χ1n) is 15.9. The van der Waals surface area contributed by atoms with Crippen molar-refractivity contribution in [3.8, 4) is 6.07 Å². The second-order valence-electron chi connectivity index (χ2n) is 11.3. The van der Waals surface area contributed by atoms with Gasteiger partial charge in [-0.1, -0.05) is 13.8 Å².